The Morgan fingerprint density at radius 1 is 1.31 bits per heavy atom. The maximum Gasteiger partial charge on any atom is 0.339 e. The summed E-state index contributed by atoms with van der Waals surface area (Å²) in [6, 6.07) is 5.83. The number of rotatable bonds is 7. The molecule has 0 aliphatic rings. The SMILES string of the molecule is CCN(CC)c1ncc(NS(=O)(=O)c2cccc(Cl)c2C)cc1C(=O)O. The van der Waals surface area contributed by atoms with Gasteiger partial charge in [-0.15, -0.1) is 0 Å². The number of nitrogens with one attached hydrogen (secondary N) is 1. The van der Waals surface area contributed by atoms with Crippen LogP contribution in [-0.2, 0) is 10.0 Å². The molecule has 0 radical (unpaired) electrons. The number of hydrogen-bond donors (Lipinski definition) is 2. The maximum absolute atomic E-state index is 12.6. The number of benzene rings is 1. The van der Waals surface area contributed by atoms with Crippen LogP contribution < -0.4 is 9.62 Å². The molecule has 0 aliphatic carbocycles. The van der Waals surface area contributed by atoms with Crippen LogP contribution >= 0.6 is 11.6 Å². The average Bonchev–Trinajstić information content (AvgIpc) is 2.58. The molecule has 0 saturated carbocycles. The molecule has 0 atom stereocenters. The van der Waals surface area contributed by atoms with Crippen molar-refractivity contribution < 1.29 is 18.3 Å². The Morgan fingerprint density at radius 3 is 2.54 bits per heavy atom. The van der Waals surface area contributed by atoms with Crippen molar-refractivity contribution in [3.63, 3.8) is 0 Å². The molecule has 2 rings (SSSR count). The van der Waals surface area contributed by atoms with Crippen molar-refractivity contribution >= 4 is 39.1 Å². The highest BCUT2D eigenvalue weighted by Crippen LogP contribution is 2.26. The number of aromatic carboxylic acids is 1. The van der Waals surface area contributed by atoms with Gasteiger partial charge in [0.05, 0.1) is 16.8 Å². The smallest absolute Gasteiger partial charge is 0.339 e. The summed E-state index contributed by atoms with van der Waals surface area (Å²) in [5, 5.41) is 9.79. The van der Waals surface area contributed by atoms with Gasteiger partial charge in [-0.25, -0.2) is 18.2 Å². The van der Waals surface area contributed by atoms with Gasteiger partial charge in [-0.1, -0.05) is 17.7 Å². The number of hydrogen-bond acceptors (Lipinski definition) is 5. The summed E-state index contributed by atoms with van der Waals surface area (Å²) in [4.78, 5) is 17.5. The molecule has 9 heteroatoms. The molecule has 2 N–H and O–H groups in total. The van der Waals surface area contributed by atoms with E-state index in [0.717, 1.165) is 0 Å². The van der Waals surface area contributed by atoms with Crippen LogP contribution in [-0.4, -0.2) is 37.6 Å². The topological polar surface area (TPSA) is 99.6 Å². The van der Waals surface area contributed by atoms with Gasteiger partial charge in [-0.05, 0) is 44.5 Å². The fraction of sp³-hybridized carbons (Fsp3) is 0.294. The molecule has 7 nitrogen and oxygen atoms in total. The predicted molar refractivity (Wildman–Crippen MR) is 102 cm³/mol. The molecule has 1 aromatic heterocycles. The van der Waals surface area contributed by atoms with Gasteiger partial charge < -0.3 is 10.0 Å². The predicted octanol–water partition coefficient (Wildman–Crippen LogP) is 3.39. The van der Waals surface area contributed by atoms with Gasteiger partial charge >= 0.3 is 5.97 Å². The van der Waals surface area contributed by atoms with Crippen molar-refractivity contribution in [1.82, 2.24) is 4.98 Å². The van der Waals surface area contributed by atoms with Crippen molar-refractivity contribution in [2.45, 2.75) is 25.7 Å². The highest BCUT2D eigenvalue weighted by Gasteiger charge is 2.21. The number of sulfonamides is 1. The lowest BCUT2D eigenvalue weighted by atomic mass is 10.2. The zero-order valence-corrected chi connectivity index (χ0v) is 16.2. The molecule has 0 fully saturated rings. The first kappa shape index (κ1) is 20.0. The number of nitrogens with zero attached hydrogens (tertiary/aromatic N) is 2. The molecule has 0 saturated heterocycles. The summed E-state index contributed by atoms with van der Waals surface area (Å²) in [6.45, 7) is 6.53. The standard InChI is InChI=1S/C17H20ClN3O4S/c1-4-21(5-2)16-13(17(22)23)9-12(10-19-16)20-26(24,25)15-8-6-7-14(18)11(15)3/h6-10,20H,4-5H2,1-3H3,(H,22,23). The second kappa shape index (κ2) is 7.92. The van der Waals surface area contributed by atoms with Crippen LogP contribution in [0.4, 0.5) is 11.5 Å². The van der Waals surface area contributed by atoms with E-state index in [-0.39, 0.29) is 16.1 Å². The first-order valence-electron chi connectivity index (χ1n) is 7.97. The van der Waals surface area contributed by atoms with E-state index in [4.69, 9.17) is 11.6 Å². The molecule has 1 aromatic carbocycles. The van der Waals surface area contributed by atoms with Gasteiger partial charge in [0.2, 0.25) is 0 Å². The molecule has 2 aromatic rings. The first-order valence-corrected chi connectivity index (χ1v) is 9.83. The van der Waals surface area contributed by atoms with Crippen LogP contribution in [0, 0.1) is 6.92 Å². The molecule has 0 spiro atoms. The number of carbonyl (C=O) groups is 1. The molecule has 0 aliphatic heterocycles. The third-order valence-electron chi connectivity index (χ3n) is 3.92. The van der Waals surface area contributed by atoms with Gasteiger partial charge in [-0.2, -0.15) is 0 Å². The van der Waals surface area contributed by atoms with Crippen LogP contribution in [0.3, 0.4) is 0 Å². The molecule has 0 unspecified atom stereocenters. The van der Waals surface area contributed by atoms with Gasteiger partial charge in [-0.3, -0.25) is 4.72 Å². The van der Waals surface area contributed by atoms with Crippen LogP contribution in [0.5, 0.6) is 0 Å². The summed E-state index contributed by atoms with van der Waals surface area (Å²) in [5.41, 5.74) is 0.405. The minimum absolute atomic E-state index is 0.0229. The maximum atomic E-state index is 12.6. The van der Waals surface area contributed by atoms with E-state index >= 15 is 0 Å². The minimum Gasteiger partial charge on any atom is -0.478 e. The van der Waals surface area contributed by atoms with Crippen molar-refractivity contribution in [2.75, 3.05) is 22.7 Å². The Morgan fingerprint density at radius 2 is 1.96 bits per heavy atom. The fourth-order valence-corrected chi connectivity index (χ4v) is 4.07. The van der Waals surface area contributed by atoms with Crippen molar-refractivity contribution in [3.8, 4) is 0 Å². The van der Waals surface area contributed by atoms with E-state index in [2.05, 4.69) is 9.71 Å². The number of carboxylic acids is 1. The number of anilines is 2. The second-order valence-corrected chi connectivity index (χ2v) is 7.60. The van der Waals surface area contributed by atoms with Crippen molar-refractivity contribution in [1.29, 1.82) is 0 Å². The van der Waals surface area contributed by atoms with E-state index in [9.17, 15) is 18.3 Å². The first-order chi connectivity index (χ1) is 12.2. The van der Waals surface area contributed by atoms with Gasteiger partial charge in [0.1, 0.15) is 11.4 Å². The number of carboxylic acid groups (broad SMARTS) is 1. The largest absolute Gasteiger partial charge is 0.478 e. The summed E-state index contributed by atoms with van der Waals surface area (Å²) in [6.07, 6.45) is 1.30. The van der Waals surface area contributed by atoms with Crippen LogP contribution in [0.25, 0.3) is 0 Å². The van der Waals surface area contributed by atoms with Crippen LogP contribution in [0.1, 0.15) is 29.8 Å². The Balaban J connectivity index is 2.45. The Kier molecular flexibility index (Phi) is 6.09. The van der Waals surface area contributed by atoms with Gasteiger partial charge in [0.25, 0.3) is 10.0 Å². The van der Waals surface area contributed by atoms with E-state index in [0.29, 0.717) is 29.5 Å². The van der Waals surface area contributed by atoms with E-state index in [1.54, 1.807) is 17.9 Å². The van der Waals surface area contributed by atoms with Crippen LogP contribution in [0.2, 0.25) is 5.02 Å². The number of aromatic nitrogens is 1. The fourth-order valence-electron chi connectivity index (χ4n) is 2.53. The van der Waals surface area contributed by atoms with Gasteiger partial charge in [0.15, 0.2) is 0 Å². The third-order valence-corrected chi connectivity index (χ3v) is 5.85. The van der Waals surface area contributed by atoms with E-state index in [1.807, 2.05) is 13.8 Å². The Hall–Kier alpha value is -2.32. The lowest BCUT2D eigenvalue weighted by Crippen LogP contribution is -2.25. The zero-order valence-electron chi connectivity index (χ0n) is 14.7. The zero-order chi connectivity index (χ0) is 19.5. The molecular weight excluding hydrogens is 378 g/mol. The number of halogens is 1. The monoisotopic (exact) mass is 397 g/mol. The molecule has 0 amide bonds. The quantitative estimate of drug-likeness (QED) is 0.742. The summed E-state index contributed by atoms with van der Waals surface area (Å²) in [5.74, 6) is -0.885. The number of pyridine rings is 1. The highest BCUT2D eigenvalue weighted by atomic mass is 35.5. The van der Waals surface area contributed by atoms with E-state index in [1.165, 1.54) is 24.4 Å². The molecular formula is C17H20ClN3O4S. The summed E-state index contributed by atoms with van der Waals surface area (Å²) < 4.78 is 27.6. The third kappa shape index (κ3) is 4.08. The molecule has 1 heterocycles. The molecule has 140 valence electrons. The van der Waals surface area contributed by atoms with E-state index < -0.39 is 16.0 Å². The molecule has 0 bridgehead atoms. The summed E-state index contributed by atoms with van der Waals surface area (Å²) >= 11 is 5.99. The lowest BCUT2D eigenvalue weighted by molar-refractivity contribution is 0.0697. The lowest BCUT2D eigenvalue weighted by Gasteiger charge is -2.22. The van der Waals surface area contributed by atoms with Gasteiger partial charge in [0, 0.05) is 18.1 Å². The summed E-state index contributed by atoms with van der Waals surface area (Å²) in [7, 11) is -3.93. The Labute approximate surface area is 157 Å². The highest BCUT2D eigenvalue weighted by molar-refractivity contribution is 7.92. The van der Waals surface area contributed by atoms with Crippen LogP contribution in [0.15, 0.2) is 35.4 Å². The minimum atomic E-state index is -3.93. The average molecular weight is 398 g/mol. The Bertz CT molecular complexity index is 928. The second-order valence-electron chi connectivity index (χ2n) is 5.54. The normalized spacial score (nSPS) is 11.2. The van der Waals surface area contributed by atoms with Crippen molar-refractivity contribution in [3.05, 3.63) is 46.6 Å². The molecule has 26 heavy (non-hydrogen) atoms. The van der Waals surface area contributed by atoms with Crippen molar-refractivity contribution in [2.24, 2.45) is 0 Å².